The Balaban J connectivity index is 1.52. The number of ketones is 1. The molecule has 45 heavy (non-hydrogen) atoms. The van der Waals surface area contributed by atoms with Gasteiger partial charge in [0.05, 0.1) is 34.6 Å². The van der Waals surface area contributed by atoms with Gasteiger partial charge in [0.15, 0.2) is 16.8 Å². The number of thioether (sulfide) groups is 1. The molecule has 0 bridgehead atoms. The maximum Gasteiger partial charge on any atom is 0.416 e. The molecule has 1 aliphatic rings. The summed E-state index contributed by atoms with van der Waals surface area (Å²) in [5.74, 6) is -0.533. The minimum atomic E-state index is -4.63. The number of morpholine rings is 1. The lowest BCUT2D eigenvalue weighted by atomic mass is 10.1. The lowest BCUT2D eigenvalue weighted by Gasteiger charge is -2.26. The number of halogens is 3. The molecule has 1 aromatic heterocycles. The smallest absolute Gasteiger partial charge is 0.379 e. The summed E-state index contributed by atoms with van der Waals surface area (Å²) >= 11 is 0.953. The van der Waals surface area contributed by atoms with E-state index in [0.717, 1.165) is 23.9 Å². The fraction of sp³-hybridized carbons (Fsp3) is 0.267. The van der Waals surface area contributed by atoms with E-state index in [2.05, 4.69) is 15.5 Å². The summed E-state index contributed by atoms with van der Waals surface area (Å²) in [6.07, 6.45) is -4.63. The first-order valence-electron chi connectivity index (χ1n) is 13.7. The van der Waals surface area contributed by atoms with Gasteiger partial charge in [-0.05, 0) is 56.3 Å². The van der Waals surface area contributed by atoms with Crippen molar-refractivity contribution >= 4 is 39.2 Å². The Hall–Kier alpha value is -4.05. The SMILES string of the molecule is CC(=O)c1cccc(NC(=O)[C@@H](C)Sc2nnc(-c3cccc(S(=O)(=O)N4CCOCC4)c3)n2-c2cccc(C(F)(F)F)c2)c1. The lowest BCUT2D eigenvalue weighted by molar-refractivity contribution is -0.137. The van der Waals surface area contributed by atoms with Crippen molar-refractivity contribution in [1.29, 1.82) is 0 Å². The van der Waals surface area contributed by atoms with E-state index in [-0.39, 0.29) is 53.7 Å². The summed E-state index contributed by atoms with van der Waals surface area (Å²) in [5.41, 5.74) is 0.267. The monoisotopic (exact) mass is 659 g/mol. The van der Waals surface area contributed by atoms with Crippen molar-refractivity contribution in [3.05, 3.63) is 83.9 Å². The summed E-state index contributed by atoms with van der Waals surface area (Å²) in [7, 11) is -3.89. The van der Waals surface area contributed by atoms with E-state index >= 15 is 0 Å². The molecule has 3 aromatic carbocycles. The Morgan fingerprint density at radius 1 is 0.978 bits per heavy atom. The molecule has 1 fully saturated rings. The molecule has 1 N–H and O–H groups in total. The number of anilines is 1. The van der Waals surface area contributed by atoms with Crippen LogP contribution in [0, 0.1) is 0 Å². The summed E-state index contributed by atoms with van der Waals surface area (Å²) < 4.78 is 75.7. The molecular weight excluding hydrogens is 631 g/mol. The molecule has 1 amide bonds. The molecule has 5 rings (SSSR count). The van der Waals surface area contributed by atoms with Gasteiger partial charge in [-0.25, -0.2) is 8.42 Å². The van der Waals surface area contributed by atoms with Crippen LogP contribution in [0.15, 0.2) is 82.8 Å². The van der Waals surface area contributed by atoms with Crippen LogP contribution in [0.1, 0.15) is 29.8 Å². The lowest BCUT2D eigenvalue weighted by Crippen LogP contribution is -2.40. The quantitative estimate of drug-likeness (QED) is 0.190. The number of nitrogens with zero attached hydrogens (tertiary/aromatic N) is 4. The maximum absolute atomic E-state index is 13.7. The van der Waals surface area contributed by atoms with Gasteiger partial charge in [0.2, 0.25) is 15.9 Å². The number of hydrogen-bond acceptors (Lipinski definition) is 8. The van der Waals surface area contributed by atoms with Crippen molar-refractivity contribution in [3.8, 4) is 17.1 Å². The number of aromatic nitrogens is 3. The van der Waals surface area contributed by atoms with Crippen molar-refractivity contribution in [3.63, 3.8) is 0 Å². The van der Waals surface area contributed by atoms with E-state index in [1.54, 1.807) is 37.3 Å². The first kappa shape index (κ1) is 32.3. The Morgan fingerprint density at radius 2 is 1.69 bits per heavy atom. The normalized spacial score (nSPS) is 15.0. The van der Waals surface area contributed by atoms with E-state index in [0.29, 0.717) is 16.8 Å². The number of carbonyl (C=O) groups is 2. The van der Waals surface area contributed by atoms with Crippen molar-refractivity contribution < 1.29 is 35.9 Å². The number of hydrogen-bond donors (Lipinski definition) is 1. The van der Waals surface area contributed by atoms with E-state index < -0.39 is 32.9 Å². The third-order valence-electron chi connectivity index (χ3n) is 6.95. The number of carbonyl (C=O) groups excluding carboxylic acids is 2. The zero-order valence-electron chi connectivity index (χ0n) is 24.1. The Labute approximate surface area is 261 Å². The first-order chi connectivity index (χ1) is 21.3. The van der Waals surface area contributed by atoms with Gasteiger partial charge in [-0.1, -0.05) is 42.1 Å². The minimum absolute atomic E-state index is 0.0183. The molecule has 236 valence electrons. The highest BCUT2D eigenvalue weighted by Crippen LogP contribution is 2.35. The molecule has 0 radical (unpaired) electrons. The average Bonchev–Trinajstić information content (AvgIpc) is 3.44. The van der Waals surface area contributed by atoms with Crippen molar-refractivity contribution in [2.45, 2.75) is 35.3 Å². The number of benzene rings is 3. The molecule has 0 unspecified atom stereocenters. The van der Waals surface area contributed by atoms with Gasteiger partial charge in [0, 0.05) is 29.9 Å². The second kappa shape index (κ2) is 13.1. The molecule has 1 atom stereocenters. The van der Waals surface area contributed by atoms with Crippen molar-refractivity contribution in [2.75, 3.05) is 31.6 Å². The molecule has 1 aliphatic heterocycles. The summed E-state index contributed by atoms with van der Waals surface area (Å²) in [6, 6.07) is 16.9. The fourth-order valence-corrected chi connectivity index (χ4v) is 6.91. The van der Waals surface area contributed by atoms with E-state index in [4.69, 9.17) is 4.74 Å². The zero-order chi connectivity index (χ0) is 32.4. The molecule has 2 heterocycles. The number of nitrogens with one attached hydrogen (secondary N) is 1. The molecule has 0 saturated carbocycles. The largest absolute Gasteiger partial charge is 0.416 e. The van der Waals surface area contributed by atoms with Crippen LogP contribution in [0.4, 0.5) is 18.9 Å². The van der Waals surface area contributed by atoms with E-state index in [1.165, 1.54) is 46.1 Å². The Kier molecular flexibility index (Phi) is 9.44. The maximum atomic E-state index is 13.7. The number of rotatable bonds is 9. The molecular formula is C30H28F3N5O5S2. The van der Waals surface area contributed by atoms with Crippen molar-refractivity contribution in [1.82, 2.24) is 19.1 Å². The molecule has 10 nitrogen and oxygen atoms in total. The second-order valence-corrected chi connectivity index (χ2v) is 13.4. The van der Waals surface area contributed by atoms with Crippen molar-refractivity contribution in [2.24, 2.45) is 0 Å². The number of amides is 1. The highest BCUT2D eigenvalue weighted by molar-refractivity contribution is 8.00. The fourth-order valence-electron chi connectivity index (χ4n) is 4.59. The van der Waals surface area contributed by atoms with Crippen LogP contribution < -0.4 is 5.32 Å². The highest BCUT2D eigenvalue weighted by Gasteiger charge is 2.32. The first-order valence-corrected chi connectivity index (χ1v) is 16.1. The van der Waals surface area contributed by atoms with Gasteiger partial charge in [0.25, 0.3) is 0 Å². The van der Waals surface area contributed by atoms with Crippen LogP contribution in [-0.4, -0.2) is 70.7 Å². The van der Waals surface area contributed by atoms with Gasteiger partial charge in [-0.3, -0.25) is 14.2 Å². The van der Waals surface area contributed by atoms with Crippen LogP contribution in [0.3, 0.4) is 0 Å². The number of sulfonamides is 1. The standard InChI is InChI=1S/C30H28F3N5O5S2/c1-19(39)21-6-3-9-24(16-21)34-28(40)20(2)44-29-36-35-27(38(29)25-10-5-8-23(18-25)30(31,32)33)22-7-4-11-26(17-22)45(41,42)37-12-14-43-15-13-37/h3-11,16-18,20H,12-15H2,1-2H3,(H,34,40)/t20-/m1/s1. The molecule has 4 aromatic rings. The van der Waals surface area contributed by atoms with Crippen LogP contribution in [0.25, 0.3) is 17.1 Å². The second-order valence-electron chi connectivity index (χ2n) is 10.1. The number of alkyl halides is 3. The predicted octanol–water partition coefficient (Wildman–Crippen LogP) is 5.30. The van der Waals surface area contributed by atoms with Crippen LogP contribution in [0.5, 0.6) is 0 Å². The van der Waals surface area contributed by atoms with Gasteiger partial charge in [0.1, 0.15) is 0 Å². The Bertz CT molecular complexity index is 1840. The summed E-state index contributed by atoms with van der Waals surface area (Å²) in [5, 5.41) is 10.5. The van der Waals surface area contributed by atoms with Crippen LogP contribution >= 0.6 is 11.8 Å². The molecule has 0 aliphatic carbocycles. The topological polar surface area (TPSA) is 123 Å². The van der Waals surface area contributed by atoms with Crippen LogP contribution in [0.2, 0.25) is 0 Å². The molecule has 0 spiro atoms. The third-order valence-corrected chi connectivity index (χ3v) is 9.89. The number of ether oxygens (including phenoxy) is 1. The van der Waals surface area contributed by atoms with E-state index in [9.17, 15) is 31.2 Å². The summed E-state index contributed by atoms with van der Waals surface area (Å²) in [6.45, 7) is 3.90. The Morgan fingerprint density at radius 3 is 2.40 bits per heavy atom. The number of Topliss-reactive ketones (excluding diaryl/α,β-unsaturated/α-hetero) is 1. The van der Waals surface area contributed by atoms with E-state index in [1.807, 2.05) is 0 Å². The van der Waals surface area contributed by atoms with Gasteiger partial charge < -0.3 is 10.1 Å². The molecule has 1 saturated heterocycles. The van der Waals surface area contributed by atoms with Gasteiger partial charge >= 0.3 is 6.18 Å². The van der Waals surface area contributed by atoms with Gasteiger partial charge in [-0.15, -0.1) is 10.2 Å². The summed E-state index contributed by atoms with van der Waals surface area (Å²) in [4.78, 5) is 24.8. The van der Waals surface area contributed by atoms with Crippen LogP contribution in [-0.2, 0) is 25.7 Å². The highest BCUT2D eigenvalue weighted by atomic mass is 32.2. The molecule has 15 heteroatoms. The average molecular weight is 660 g/mol. The third kappa shape index (κ3) is 7.27. The predicted molar refractivity (Wildman–Crippen MR) is 162 cm³/mol. The minimum Gasteiger partial charge on any atom is -0.379 e. The van der Waals surface area contributed by atoms with Gasteiger partial charge in [-0.2, -0.15) is 17.5 Å². The zero-order valence-corrected chi connectivity index (χ0v) is 25.7.